The van der Waals surface area contributed by atoms with Gasteiger partial charge in [-0.05, 0) is 49.2 Å². The van der Waals surface area contributed by atoms with E-state index in [4.69, 9.17) is 9.47 Å². The Morgan fingerprint density at radius 1 is 1.11 bits per heavy atom. The number of nitrogens with zero attached hydrogens (tertiary/aromatic N) is 1. The van der Waals surface area contributed by atoms with Gasteiger partial charge in [0.1, 0.15) is 11.5 Å². The highest BCUT2D eigenvalue weighted by atomic mass is 16.5. The van der Waals surface area contributed by atoms with Crippen LogP contribution in [-0.2, 0) is 16.0 Å². The molecule has 142 valence electrons. The molecule has 6 nitrogen and oxygen atoms in total. The summed E-state index contributed by atoms with van der Waals surface area (Å²) in [4.78, 5) is 26.3. The van der Waals surface area contributed by atoms with Crippen LogP contribution in [0.25, 0.3) is 0 Å². The second-order valence-electron chi connectivity index (χ2n) is 6.27. The zero-order valence-corrected chi connectivity index (χ0v) is 15.6. The van der Waals surface area contributed by atoms with Crippen LogP contribution in [0.3, 0.4) is 0 Å². The summed E-state index contributed by atoms with van der Waals surface area (Å²) in [6.45, 7) is 3.06. The molecule has 0 bridgehead atoms. The van der Waals surface area contributed by atoms with E-state index in [1.54, 1.807) is 31.4 Å². The van der Waals surface area contributed by atoms with Crippen molar-refractivity contribution >= 4 is 17.5 Å². The van der Waals surface area contributed by atoms with Crippen LogP contribution >= 0.6 is 0 Å². The summed E-state index contributed by atoms with van der Waals surface area (Å²) >= 11 is 0. The molecule has 1 fully saturated rings. The molecule has 1 heterocycles. The van der Waals surface area contributed by atoms with E-state index >= 15 is 0 Å². The molecular weight excluding hydrogens is 344 g/mol. The Morgan fingerprint density at radius 2 is 1.85 bits per heavy atom. The first-order valence-electron chi connectivity index (χ1n) is 9.09. The standard InChI is InChI=1S/C21H24N2O4/c1-3-27-17-10-8-16(9-11-17)23-20(24)14-18(21(23)25)22-13-12-15-6-4-5-7-19(15)26-2/h4-11,18,22H,3,12-14H2,1-2H3/t18-/m0/s1. The third-order valence-corrected chi connectivity index (χ3v) is 4.53. The van der Waals surface area contributed by atoms with E-state index in [0.717, 1.165) is 11.3 Å². The molecule has 1 aliphatic heterocycles. The fourth-order valence-electron chi connectivity index (χ4n) is 3.21. The van der Waals surface area contributed by atoms with Gasteiger partial charge in [0.25, 0.3) is 5.91 Å². The van der Waals surface area contributed by atoms with Crippen molar-refractivity contribution < 1.29 is 19.1 Å². The van der Waals surface area contributed by atoms with E-state index < -0.39 is 6.04 Å². The zero-order valence-electron chi connectivity index (χ0n) is 15.6. The highest BCUT2D eigenvalue weighted by Gasteiger charge is 2.39. The van der Waals surface area contributed by atoms with Crippen LogP contribution in [0.15, 0.2) is 48.5 Å². The lowest BCUT2D eigenvalue weighted by molar-refractivity contribution is -0.121. The molecule has 6 heteroatoms. The first-order valence-corrected chi connectivity index (χ1v) is 9.09. The van der Waals surface area contributed by atoms with Crippen LogP contribution in [0.5, 0.6) is 11.5 Å². The number of nitrogens with one attached hydrogen (secondary N) is 1. The van der Waals surface area contributed by atoms with Crippen LogP contribution in [0, 0.1) is 0 Å². The summed E-state index contributed by atoms with van der Waals surface area (Å²) in [6, 6.07) is 14.3. The van der Waals surface area contributed by atoms with E-state index in [1.165, 1.54) is 4.90 Å². The van der Waals surface area contributed by atoms with Crippen LogP contribution in [-0.4, -0.2) is 38.1 Å². The lowest BCUT2D eigenvalue weighted by Gasteiger charge is -2.16. The molecular formula is C21H24N2O4. The Bertz CT molecular complexity index is 804. The van der Waals surface area contributed by atoms with E-state index in [2.05, 4.69) is 5.32 Å². The van der Waals surface area contributed by atoms with Crippen molar-refractivity contribution in [1.29, 1.82) is 0 Å². The fourth-order valence-corrected chi connectivity index (χ4v) is 3.21. The van der Waals surface area contributed by atoms with Gasteiger partial charge < -0.3 is 14.8 Å². The molecule has 1 N–H and O–H groups in total. The predicted molar refractivity (Wildman–Crippen MR) is 103 cm³/mol. The van der Waals surface area contributed by atoms with Gasteiger partial charge in [-0.15, -0.1) is 0 Å². The second kappa shape index (κ2) is 8.68. The van der Waals surface area contributed by atoms with Crippen LogP contribution in [0.4, 0.5) is 5.69 Å². The number of benzene rings is 2. The summed E-state index contributed by atoms with van der Waals surface area (Å²) in [6.07, 6.45) is 0.878. The summed E-state index contributed by atoms with van der Waals surface area (Å²) in [5, 5.41) is 3.20. The molecule has 2 aromatic rings. The highest BCUT2D eigenvalue weighted by molar-refractivity contribution is 6.22. The number of carbonyl (C=O) groups excluding carboxylic acids is 2. The Hall–Kier alpha value is -2.86. The number of methoxy groups -OCH3 is 1. The highest BCUT2D eigenvalue weighted by Crippen LogP contribution is 2.25. The largest absolute Gasteiger partial charge is 0.496 e. The van der Waals surface area contributed by atoms with Crippen molar-refractivity contribution in [2.24, 2.45) is 0 Å². The molecule has 0 aromatic heterocycles. The number of carbonyl (C=O) groups is 2. The minimum Gasteiger partial charge on any atom is -0.496 e. The summed E-state index contributed by atoms with van der Waals surface area (Å²) in [5.74, 6) is 1.12. The minimum atomic E-state index is -0.501. The number of hydrogen-bond donors (Lipinski definition) is 1. The molecule has 2 amide bonds. The van der Waals surface area contributed by atoms with Crippen molar-refractivity contribution in [3.05, 3.63) is 54.1 Å². The smallest absolute Gasteiger partial charge is 0.251 e. The van der Waals surface area contributed by atoms with Gasteiger partial charge in [-0.2, -0.15) is 0 Å². The number of anilines is 1. The maximum atomic E-state index is 12.7. The SMILES string of the molecule is CCOc1ccc(N2C(=O)C[C@H](NCCc3ccccc3OC)C2=O)cc1. The molecule has 1 saturated heterocycles. The molecule has 2 aromatic carbocycles. The minimum absolute atomic E-state index is 0.165. The number of rotatable bonds is 8. The first kappa shape index (κ1) is 18.9. The van der Waals surface area contributed by atoms with E-state index in [-0.39, 0.29) is 18.2 Å². The van der Waals surface area contributed by atoms with Crippen molar-refractivity contribution in [2.45, 2.75) is 25.8 Å². The number of imide groups is 1. The topological polar surface area (TPSA) is 67.9 Å². The van der Waals surface area contributed by atoms with Crippen LogP contribution in [0.1, 0.15) is 18.9 Å². The average Bonchev–Trinajstić information content (AvgIpc) is 2.97. The van der Waals surface area contributed by atoms with Crippen molar-refractivity contribution in [3.8, 4) is 11.5 Å². The third-order valence-electron chi connectivity index (χ3n) is 4.53. The number of amides is 2. The number of hydrogen-bond acceptors (Lipinski definition) is 5. The van der Waals surface area contributed by atoms with Gasteiger partial charge in [-0.3, -0.25) is 9.59 Å². The second-order valence-corrected chi connectivity index (χ2v) is 6.27. The molecule has 3 rings (SSSR count). The van der Waals surface area contributed by atoms with Gasteiger partial charge in [0.15, 0.2) is 0 Å². The Labute approximate surface area is 159 Å². The summed E-state index contributed by atoms with van der Waals surface area (Å²) in [5.41, 5.74) is 1.63. The molecule has 0 unspecified atom stereocenters. The van der Waals surface area contributed by atoms with Crippen molar-refractivity contribution in [2.75, 3.05) is 25.2 Å². The van der Waals surface area contributed by atoms with Crippen molar-refractivity contribution in [1.82, 2.24) is 5.32 Å². The number of ether oxygens (including phenoxy) is 2. The normalized spacial score (nSPS) is 16.7. The third kappa shape index (κ3) is 4.28. The summed E-state index contributed by atoms with van der Waals surface area (Å²) < 4.78 is 10.7. The lowest BCUT2D eigenvalue weighted by Crippen LogP contribution is -2.39. The molecule has 1 atom stereocenters. The lowest BCUT2D eigenvalue weighted by atomic mass is 10.1. The number of para-hydroxylation sites is 1. The predicted octanol–water partition coefficient (Wildman–Crippen LogP) is 2.56. The Kier molecular flexibility index (Phi) is 6.08. The van der Waals surface area contributed by atoms with E-state index in [0.29, 0.717) is 31.0 Å². The van der Waals surface area contributed by atoms with E-state index in [1.807, 2.05) is 31.2 Å². The fraction of sp³-hybridized carbons (Fsp3) is 0.333. The zero-order chi connectivity index (χ0) is 19.2. The average molecular weight is 368 g/mol. The van der Waals surface area contributed by atoms with Crippen LogP contribution in [0.2, 0.25) is 0 Å². The molecule has 1 aliphatic rings. The molecule has 0 aliphatic carbocycles. The Balaban J connectivity index is 1.60. The van der Waals surface area contributed by atoms with Crippen molar-refractivity contribution in [3.63, 3.8) is 0 Å². The van der Waals surface area contributed by atoms with Gasteiger partial charge in [0.2, 0.25) is 5.91 Å². The van der Waals surface area contributed by atoms with E-state index in [9.17, 15) is 9.59 Å². The van der Waals surface area contributed by atoms with Gasteiger partial charge in [-0.1, -0.05) is 18.2 Å². The van der Waals surface area contributed by atoms with Gasteiger partial charge >= 0.3 is 0 Å². The maximum absolute atomic E-state index is 12.7. The van der Waals surface area contributed by atoms with Gasteiger partial charge in [0, 0.05) is 6.54 Å². The van der Waals surface area contributed by atoms with Gasteiger partial charge in [0.05, 0.1) is 31.9 Å². The van der Waals surface area contributed by atoms with Crippen LogP contribution < -0.4 is 19.7 Å². The molecule has 0 radical (unpaired) electrons. The Morgan fingerprint density at radius 3 is 2.56 bits per heavy atom. The first-order chi connectivity index (χ1) is 13.1. The summed E-state index contributed by atoms with van der Waals surface area (Å²) in [7, 11) is 1.64. The molecule has 0 spiro atoms. The molecule has 27 heavy (non-hydrogen) atoms. The van der Waals surface area contributed by atoms with Gasteiger partial charge in [-0.25, -0.2) is 4.90 Å². The monoisotopic (exact) mass is 368 g/mol. The maximum Gasteiger partial charge on any atom is 0.251 e. The molecule has 0 saturated carbocycles. The quantitative estimate of drug-likeness (QED) is 0.726.